The first kappa shape index (κ1) is 16.7. The molecule has 3 N–H and O–H groups in total. The fourth-order valence-corrected chi connectivity index (χ4v) is 2.54. The molecule has 25 heavy (non-hydrogen) atoms. The van der Waals surface area contributed by atoms with Gasteiger partial charge in [0, 0.05) is 0 Å². The zero-order chi connectivity index (χ0) is 17.7. The third kappa shape index (κ3) is 3.51. The Labute approximate surface area is 144 Å². The van der Waals surface area contributed by atoms with Gasteiger partial charge in [0.05, 0.1) is 5.69 Å². The van der Waals surface area contributed by atoms with Gasteiger partial charge in [0.2, 0.25) is 0 Å². The lowest BCUT2D eigenvalue weighted by Crippen LogP contribution is -2.47. The molecule has 126 valence electrons. The standard InChI is InChI=1S/C20H17FN2O2/c21-17-11-13-18(14-12-17)22-23-19(24)20(25,15-7-3-1-4-8-15)16-9-5-2-6-10-16/h1-14,22,25H,(H,23,24). The second-order valence-corrected chi connectivity index (χ2v) is 5.53. The van der Waals surface area contributed by atoms with Gasteiger partial charge < -0.3 is 5.11 Å². The molecule has 0 unspecified atom stereocenters. The molecule has 0 atom stereocenters. The zero-order valence-corrected chi connectivity index (χ0v) is 13.3. The summed E-state index contributed by atoms with van der Waals surface area (Å²) in [4.78, 5) is 12.8. The van der Waals surface area contributed by atoms with Gasteiger partial charge in [0.1, 0.15) is 5.82 Å². The van der Waals surface area contributed by atoms with Crippen LogP contribution in [0.25, 0.3) is 0 Å². The van der Waals surface area contributed by atoms with Crippen LogP contribution >= 0.6 is 0 Å². The maximum absolute atomic E-state index is 13.0. The first-order valence-electron chi connectivity index (χ1n) is 7.76. The van der Waals surface area contributed by atoms with E-state index in [1.54, 1.807) is 48.5 Å². The van der Waals surface area contributed by atoms with E-state index in [1.165, 1.54) is 24.3 Å². The number of carbonyl (C=O) groups excluding carboxylic acids is 1. The van der Waals surface area contributed by atoms with E-state index in [0.717, 1.165) is 0 Å². The number of hydrogen-bond donors (Lipinski definition) is 3. The van der Waals surface area contributed by atoms with Gasteiger partial charge in [-0.1, -0.05) is 60.7 Å². The minimum absolute atomic E-state index is 0.373. The summed E-state index contributed by atoms with van der Waals surface area (Å²) in [5, 5.41) is 11.2. The predicted molar refractivity (Wildman–Crippen MR) is 94.0 cm³/mol. The van der Waals surface area contributed by atoms with Crippen molar-refractivity contribution in [2.24, 2.45) is 0 Å². The van der Waals surface area contributed by atoms with Crippen LogP contribution in [-0.2, 0) is 10.4 Å². The Balaban J connectivity index is 1.89. The van der Waals surface area contributed by atoms with E-state index >= 15 is 0 Å². The zero-order valence-electron chi connectivity index (χ0n) is 13.3. The Morgan fingerprint density at radius 2 is 1.28 bits per heavy atom. The van der Waals surface area contributed by atoms with E-state index in [1.807, 2.05) is 12.1 Å². The molecule has 0 radical (unpaired) electrons. The molecular weight excluding hydrogens is 319 g/mol. The van der Waals surface area contributed by atoms with Crippen molar-refractivity contribution in [2.45, 2.75) is 5.60 Å². The predicted octanol–water partition coefficient (Wildman–Crippen LogP) is 3.20. The Bertz CT molecular complexity index is 797. The van der Waals surface area contributed by atoms with E-state index in [4.69, 9.17) is 0 Å². The van der Waals surface area contributed by atoms with E-state index in [2.05, 4.69) is 10.9 Å². The van der Waals surface area contributed by atoms with Crippen molar-refractivity contribution in [3.63, 3.8) is 0 Å². The average Bonchev–Trinajstić information content (AvgIpc) is 2.68. The summed E-state index contributed by atoms with van der Waals surface area (Å²) in [5.74, 6) is -1.02. The van der Waals surface area contributed by atoms with Crippen LogP contribution in [0.15, 0.2) is 84.9 Å². The molecule has 0 aliphatic carbocycles. The van der Waals surface area contributed by atoms with Crippen molar-refractivity contribution < 1.29 is 14.3 Å². The van der Waals surface area contributed by atoms with Gasteiger partial charge in [-0.2, -0.15) is 0 Å². The van der Waals surface area contributed by atoms with E-state index in [9.17, 15) is 14.3 Å². The molecule has 0 heterocycles. The molecule has 0 saturated heterocycles. The molecule has 4 nitrogen and oxygen atoms in total. The number of hydrazine groups is 1. The van der Waals surface area contributed by atoms with Gasteiger partial charge in [-0.05, 0) is 35.4 Å². The van der Waals surface area contributed by atoms with Crippen molar-refractivity contribution in [1.29, 1.82) is 0 Å². The third-order valence-electron chi connectivity index (χ3n) is 3.88. The highest BCUT2D eigenvalue weighted by Crippen LogP contribution is 2.29. The van der Waals surface area contributed by atoms with Crippen molar-refractivity contribution in [2.75, 3.05) is 5.43 Å². The van der Waals surface area contributed by atoms with Gasteiger partial charge in [-0.3, -0.25) is 15.6 Å². The number of halogens is 1. The molecule has 3 aromatic rings. The molecule has 0 saturated carbocycles. The number of nitrogens with one attached hydrogen (secondary N) is 2. The van der Waals surface area contributed by atoms with Crippen molar-refractivity contribution >= 4 is 11.6 Å². The van der Waals surface area contributed by atoms with Gasteiger partial charge in [0.15, 0.2) is 5.60 Å². The Hall–Kier alpha value is -3.18. The lowest BCUT2D eigenvalue weighted by Gasteiger charge is -2.28. The largest absolute Gasteiger partial charge is 0.372 e. The fourth-order valence-electron chi connectivity index (χ4n) is 2.54. The second-order valence-electron chi connectivity index (χ2n) is 5.53. The fraction of sp³-hybridized carbons (Fsp3) is 0.0500. The van der Waals surface area contributed by atoms with Gasteiger partial charge in [-0.25, -0.2) is 4.39 Å². The molecule has 3 rings (SSSR count). The van der Waals surface area contributed by atoms with Crippen molar-refractivity contribution in [3.8, 4) is 0 Å². The number of benzene rings is 3. The number of anilines is 1. The van der Waals surface area contributed by atoms with Gasteiger partial charge in [0.25, 0.3) is 5.91 Å². The van der Waals surface area contributed by atoms with Crippen LogP contribution in [0.3, 0.4) is 0 Å². The molecular formula is C20H17FN2O2. The Morgan fingerprint density at radius 3 is 1.76 bits per heavy atom. The number of hydrogen-bond acceptors (Lipinski definition) is 3. The molecule has 0 aliphatic rings. The normalized spacial score (nSPS) is 11.0. The Morgan fingerprint density at radius 1 is 0.800 bits per heavy atom. The van der Waals surface area contributed by atoms with E-state index in [0.29, 0.717) is 16.8 Å². The summed E-state index contributed by atoms with van der Waals surface area (Å²) in [6.07, 6.45) is 0. The van der Waals surface area contributed by atoms with E-state index < -0.39 is 11.5 Å². The molecule has 0 bridgehead atoms. The summed E-state index contributed by atoms with van der Waals surface area (Å²) in [6, 6.07) is 22.9. The van der Waals surface area contributed by atoms with Crippen LogP contribution < -0.4 is 10.9 Å². The lowest BCUT2D eigenvalue weighted by atomic mass is 9.85. The summed E-state index contributed by atoms with van der Waals surface area (Å²) in [6.45, 7) is 0. The van der Waals surface area contributed by atoms with Crippen LogP contribution in [0.1, 0.15) is 11.1 Å². The number of amides is 1. The highest BCUT2D eigenvalue weighted by Gasteiger charge is 2.39. The van der Waals surface area contributed by atoms with Crippen LogP contribution in [0.2, 0.25) is 0 Å². The van der Waals surface area contributed by atoms with Crippen LogP contribution in [0.5, 0.6) is 0 Å². The lowest BCUT2D eigenvalue weighted by molar-refractivity contribution is -0.136. The minimum atomic E-state index is -1.87. The SMILES string of the molecule is O=C(NNc1ccc(F)cc1)C(O)(c1ccccc1)c1ccccc1. The molecule has 0 fully saturated rings. The molecule has 0 spiro atoms. The maximum atomic E-state index is 13.0. The van der Waals surface area contributed by atoms with Crippen molar-refractivity contribution in [1.82, 2.24) is 5.43 Å². The molecule has 5 heteroatoms. The topological polar surface area (TPSA) is 61.4 Å². The maximum Gasteiger partial charge on any atom is 0.279 e. The Kier molecular flexibility index (Phi) is 4.77. The third-order valence-corrected chi connectivity index (χ3v) is 3.88. The molecule has 0 aromatic heterocycles. The average molecular weight is 336 g/mol. The van der Waals surface area contributed by atoms with Gasteiger partial charge >= 0.3 is 0 Å². The second kappa shape index (κ2) is 7.15. The highest BCUT2D eigenvalue weighted by atomic mass is 19.1. The monoisotopic (exact) mass is 336 g/mol. The first-order valence-corrected chi connectivity index (χ1v) is 7.76. The summed E-state index contributed by atoms with van der Waals surface area (Å²) in [5.41, 5.74) is 4.71. The molecule has 3 aromatic carbocycles. The van der Waals surface area contributed by atoms with Crippen LogP contribution in [0, 0.1) is 5.82 Å². The van der Waals surface area contributed by atoms with Crippen molar-refractivity contribution in [3.05, 3.63) is 102 Å². The highest BCUT2D eigenvalue weighted by molar-refractivity contribution is 5.90. The van der Waals surface area contributed by atoms with E-state index in [-0.39, 0.29) is 5.82 Å². The number of carbonyl (C=O) groups is 1. The minimum Gasteiger partial charge on any atom is -0.372 e. The smallest absolute Gasteiger partial charge is 0.279 e. The molecule has 0 aliphatic heterocycles. The summed E-state index contributed by atoms with van der Waals surface area (Å²) < 4.78 is 13.0. The summed E-state index contributed by atoms with van der Waals surface area (Å²) >= 11 is 0. The quantitative estimate of drug-likeness (QED) is 0.627. The first-order chi connectivity index (χ1) is 12.1. The summed E-state index contributed by atoms with van der Waals surface area (Å²) in [7, 11) is 0. The van der Waals surface area contributed by atoms with Crippen LogP contribution in [0.4, 0.5) is 10.1 Å². The molecule has 1 amide bonds. The number of aliphatic hydroxyl groups is 1. The number of rotatable bonds is 5. The van der Waals surface area contributed by atoms with Gasteiger partial charge in [-0.15, -0.1) is 0 Å². The van der Waals surface area contributed by atoms with Crippen LogP contribution in [-0.4, -0.2) is 11.0 Å².